The lowest BCUT2D eigenvalue weighted by Gasteiger charge is -2.29. The fourth-order valence-corrected chi connectivity index (χ4v) is 4.95. The van der Waals surface area contributed by atoms with Crippen LogP contribution in [0.5, 0.6) is 0 Å². The summed E-state index contributed by atoms with van der Waals surface area (Å²) in [6.07, 6.45) is 7.34. The highest BCUT2D eigenvalue weighted by molar-refractivity contribution is 6.05. The topological polar surface area (TPSA) is 122 Å². The summed E-state index contributed by atoms with van der Waals surface area (Å²) in [6.45, 7) is 0.667. The Morgan fingerprint density at radius 2 is 1.94 bits per heavy atom. The van der Waals surface area contributed by atoms with Crippen molar-refractivity contribution in [3.8, 4) is 0 Å². The Labute approximate surface area is 181 Å². The van der Waals surface area contributed by atoms with Gasteiger partial charge in [0, 0.05) is 25.1 Å². The predicted octanol–water partition coefficient (Wildman–Crippen LogP) is 1.36. The molecular weight excluding hydrogens is 396 g/mol. The maximum atomic E-state index is 12.8. The first-order valence-electron chi connectivity index (χ1n) is 11.2. The van der Waals surface area contributed by atoms with Gasteiger partial charge in [-0.2, -0.15) is 0 Å². The van der Waals surface area contributed by atoms with Gasteiger partial charge in [0.25, 0.3) is 5.91 Å². The van der Waals surface area contributed by atoms with E-state index in [0.29, 0.717) is 31.0 Å². The van der Waals surface area contributed by atoms with E-state index in [4.69, 9.17) is 5.73 Å². The van der Waals surface area contributed by atoms with Gasteiger partial charge in [-0.25, -0.2) is 0 Å². The van der Waals surface area contributed by atoms with Crippen molar-refractivity contribution in [3.63, 3.8) is 0 Å². The smallest absolute Gasteiger partial charge is 0.255 e. The third kappa shape index (κ3) is 4.79. The molecule has 4 amide bonds. The number of hydrogen-bond donors (Lipinski definition) is 3. The van der Waals surface area contributed by atoms with Crippen molar-refractivity contribution in [3.05, 3.63) is 34.9 Å². The van der Waals surface area contributed by atoms with Crippen molar-refractivity contribution in [2.75, 3.05) is 0 Å². The van der Waals surface area contributed by atoms with Gasteiger partial charge in [-0.05, 0) is 36.0 Å². The molecule has 0 aromatic heterocycles. The number of imide groups is 1. The Morgan fingerprint density at radius 3 is 2.68 bits per heavy atom. The highest BCUT2D eigenvalue weighted by Gasteiger charge is 2.39. The molecule has 31 heavy (non-hydrogen) atoms. The Bertz CT molecular complexity index is 894. The number of nitrogens with two attached hydrogens (primary N) is 1. The normalized spacial score (nSPS) is 22.8. The van der Waals surface area contributed by atoms with Crippen LogP contribution < -0.4 is 16.4 Å². The molecule has 2 fully saturated rings. The van der Waals surface area contributed by atoms with Crippen LogP contribution in [0.1, 0.15) is 72.9 Å². The van der Waals surface area contributed by atoms with E-state index in [9.17, 15) is 19.2 Å². The van der Waals surface area contributed by atoms with Crippen LogP contribution in [-0.2, 0) is 27.5 Å². The second kappa shape index (κ2) is 9.18. The van der Waals surface area contributed by atoms with Crippen LogP contribution in [0.2, 0.25) is 0 Å². The van der Waals surface area contributed by atoms with Crippen molar-refractivity contribution in [1.29, 1.82) is 0 Å². The van der Waals surface area contributed by atoms with Crippen LogP contribution in [0.15, 0.2) is 18.2 Å². The monoisotopic (exact) mass is 426 g/mol. The van der Waals surface area contributed by atoms with Crippen LogP contribution >= 0.6 is 0 Å². The minimum absolute atomic E-state index is 0.146. The van der Waals surface area contributed by atoms with Gasteiger partial charge in [-0.3, -0.25) is 24.5 Å². The van der Waals surface area contributed by atoms with Crippen molar-refractivity contribution in [2.45, 2.75) is 76.5 Å². The molecule has 0 spiro atoms. The van der Waals surface area contributed by atoms with Gasteiger partial charge in [0.15, 0.2) is 0 Å². The van der Waals surface area contributed by atoms with E-state index >= 15 is 0 Å². The molecule has 1 aliphatic carbocycles. The molecule has 8 nitrogen and oxygen atoms in total. The van der Waals surface area contributed by atoms with Gasteiger partial charge in [-0.1, -0.05) is 44.2 Å². The highest BCUT2D eigenvalue weighted by atomic mass is 16.2. The molecule has 8 heteroatoms. The number of nitrogens with zero attached hydrogens (tertiary/aromatic N) is 1. The maximum Gasteiger partial charge on any atom is 0.255 e. The molecule has 2 atom stereocenters. The average molecular weight is 427 g/mol. The molecule has 1 aromatic carbocycles. The number of carbonyl (C=O) groups excluding carboxylic acids is 4. The van der Waals surface area contributed by atoms with Crippen molar-refractivity contribution in [2.24, 2.45) is 11.7 Å². The average Bonchev–Trinajstić information content (AvgIpc) is 3.08. The third-order valence-corrected chi connectivity index (χ3v) is 6.70. The number of carbonyl (C=O) groups is 4. The summed E-state index contributed by atoms with van der Waals surface area (Å²) >= 11 is 0. The van der Waals surface area contributed by atoms with Crippen LogP contribution in [0.25, 0.3) is 0 Å². The molecule has 3 aliphatic rings. The van der Waals surface area contributed by atoms with Gasteiger partial charge in [0.1, 0.15) is 6.04 Å². The first kappa shape index (κ1) is 21.5. The Kier molecular flexibility index (Phi) is 6.36. The Balaban J connectivity index is 1.33. The summed E-state index contributed by atoms with van der Waals surface area (Å²) in [7, 11) is 0. The van der Waals surface area contributed by atoms with Gasteiger partial charge in [0.2, 0.25) is 17.7 Å². The first-order chi connectivity index (χ1) is 14.9. The van der Waals surface area contributed by atoms with E-state index < -0.39 is 18.0 Å². The molecule has 0 radical (unpaired) electrons. The molecule has 1 unspecified atom stereocenters. The molecule has 166 valence electrons. The standard InChI is InChI=1S/C23H30N4O4/c24-18(11-14-4-2-1-3-5-14)21(29)25-12-15-6-7-17-16(10-15)13-27(23(17)31)19-8-9-20(28)26-22(19)30/h6-7,10,14,18-19H,1-5,8-9,11-13,24H2,(H,25,29)(H,26,28,30)/t18-,19?/m0/s1. The summed E-state index contributed by atoms with van der Waals surface area (Å²) in [5.74, 6) is -0.525. The summed E-state index contributed by atoms with van der Waals surface area (Å²) in [4.78, 5) is 50.2. The molecule has 1 saturated carbocycles. The fourth-order valence-electron chi connectivity index (χ4n) is 4.95. The number of hydrogen-bond acceptors (Lipinski definition) is 5. The molecule has 1 saturated heterocycles. The van der Waals surface area contributed by atoms with Crippen molar-refractivity contribution < 1.29 is 19.2 Å². The third-order valence-electron chi connectivity index (χ3n) is 6.70. The van der Waals surface area contributed by atoms with E-state index in [1.165, 1.54) is 24.2 Å². The lowest BCUT2D eigenvalue weighted by atomic mass is 9.85. The zero-order valence-corrected chi connectivity index (χ0v) is 17.7. The van der Waals surface area contributed by atoms with Gasteiger partial charge < -0.3 is 16.0 Å². The molecule has 4 N–H and O–H groups in total. The highest BCUT2D eigenvalue weighted by Crippen LogP contribution is 2.29. The molecular formula is C23H30N4O4. The van der Waals surface area contributed by atoms with Gasteiger partial charge >= 0.3 is 0 Å². The Morgan fingerprint density at radius 1 is 1.16 bits per heavy atom. The number of nitrogens with one attached hydrogen (secondary N) is 2. The van der Waals surface area contributed by atoms with E-state index in [2.05, 4.69) is 10.6 Å². The molecule has 2 heterocycles. The van der Waals surface area contributed by atoms with Crippen molar-refractivity contribution >= 4 is 23.6 Å². The number of fused-ring (bicyclic) bond motifs is 1. The SMILES string of the molecule is N[C@@H](CC1CCCCC1)C(=O)NCc1ccc2c(c1)CN(C1CCC(=O)NC1=O)C2=O. The summed E-state index contributed by atoms with van der Waals surface area (Å²) in [5, 5.41) is 5.22. The van der Waals surface area contributed by atoms with Crippen LogP contribution in [0.3, 0.4) is 0 Å². The minimum Gasteiger partial charge on any atom is -0.351 e. The quantitative estimate of drug-likeness (QED) is 0.593. The number of piperidine rings is 1. The van der Waals surface area contributed by atoms with E-state index in [1.54, 1.807) is 6.07 Å². The summed E-state index contributed by atoms with van der Waals surface area (Å²) in [5.41, 5.74) is 8.39. The second-order valence-corrected chi connectivity index (χ2v) is 8.96. The van der Waals surface area contributed by atoms with Gasteiger partial charge in [0.05, 0.1) is 6.04 Å². The second-order valence-electron chi connectivity index (χ2n) is 8.96. The predicted molar refractivity (Wildman–Crippen MR) is 114 cm³/mol. The van der Waals surface area contributed by atoms with Gasteiger partial charge in [-0.15, -0.1) is 0 Å². The molecule has 2 aliphatic heterocycles. The summed E-state index contributed by atoms with van der Waals surface area (Å²) in [6, 6.07) is 4.33. The number of benzene rings is 1. The van der Waals surface area contributed by atoms with E-state index in [1.807, 2.05) is 12.1 Å². The lowest BCUT2D eigenvalue weighted by Crippen LogP contribution is -2.52. The Hall–Kier alpha value is -2.74. The largest absolute Gasteiger partial charge is 0.351 e. The molecule has 4 rings (SSSR count). The number of rotatable bonds is 6. The zero-order valence-electron chi connectivity index (χ0n) is 17.7. The number of amides is 4. The minimum atomic E-state index is -0.626. The lowest BCUT2D eigenvalue weighted by molar-refractivity contribution is -0.137. The van der Waals surface area contributed by atoms with E-state index in [0.717, 1.165) is 30.4 Å². The van der Waals surface area contributed by atoms with Crippen LogP contribution in [0.4, 0.5) is 0 Å². The van der Waals surface area contributed by atoms with Crippen molar-refractivity contribution in [1.82, 2.24) is 15.5 Å². The zero-order chi connectivity index (χ0) is 22.0. The molecule has 0 bridgehead atoms. The fraction of sp³-hybridized carbons (Fsp3) is 0.565. The molecule has 1 aromatic rings. The van der Waals surface area contributed by atoms with Crippen LogP contribution in [-0.4, -0.2) is 40.6 Å². The first-order valence-corrected chi connectivity index (χ1v) is 11.2. The summed E-state index contributed by atoms with van der Waals surface area (Å²) < 4.78 is 0. The van der Waals surface area contributed by atoms with Crippen LogP contribution in [0, 0.1) is 5.92 Å². The van der Waals surface area contributed by atoms with E-state index in [-0.39, 0.29) is 24.1 Å². The maximum absolute atomic E-state index is 12.8.